The minimum atomic E-state index is -0.367. The standard InChI is InChI=1S/C25H27N7O5S/c1-3-12-35-22-29-23(36-13-4-2)31-24(30-22)37-16-18-15-32(11-14-34-18)21(33)17-38-25-27-10-8-20(28-25)19-7-5-6-9-26-19/h3-10,18H,1-2,11-17H2. The molecular weight excluding hydrogens is 510 g/mol. The van der Waals surface area contributed by atoms with Crippen LogP contribution in [0.2, 0.25) is 0 Å². The molecule has 1 aliphatic rings. The molecule has 1 unspecified atom stereocenters. The van der Waals surface area contributed by atoms with Crippen LogP contribution in [0.3, 0.4) is 0 Å². The van der Waals surface area contributed by atoms with Gasteiger partial charge in [-0.1, -0.05) is 43.1 Å². The SMILES string of the molecule is C=CCOc1nc(OCC=C)nc(OCC2CN(C(=O)CSc3nccc(-c4ccccn4)n3)CCO2)n1. The molecule has 0 spiro atoms. The summed E-state index contributed by atoms with van der Waals surface area (Å²) in [5.74, 6) is 0.149. The van der Waals surface area contributed by atoms with Gasteiger partial charge in [-0.15, -0.1) is 15.0 Å². The second kappa shape index (κ2) is 14.0. The molecule has 198 valence electrons. The molecule has 1 amide bonds. The van der Waals surface area contributed by atoms with E-state index in [1.54, 1.807) is 35.5 Å². The molecule has 4 rings (SSSR count). The van der Waals surface area contributed by atoms with Crippen LogP contribution < -0.4 is 14.2 Å². The number of hydrogen-bond donors (Lipinski definition) is 0. The van der Waals surface area contributed by atoms with Gasteiger partial charge < -0.3 is 23.8 Å². The van der Waals surface area contributed by atoms with Crippen LogP contribution in [-0.4, -0.2) is 92.1 Å². The van der Waals surface area contributed by atoms with Crippen molar-refractivity contribution in [3.8, 4) is 29.4 Å². The number of pyridine rings is 1. The summed E-state index contributed by atoms with van der Waals surface area (Å²) in [6.07, 6.45) is 6.14. The number of rotatable bonds is 13. The predicted molar refractivity (Wildman–Crippen MR) is 139 cm³/mol. The number of aromatic nitrogens is 6. The van der Waals surface area contributed by atoms with Gasteiger partial charge in [-0.25, -0.2) is 9.97 Å². The van der Waals surface area contributed by atoms with E-state index < -0.39 is 0 Å². The Morgan fingerprint density at radius 3 is 2.39 bits per heavy atom. The fourth-order valence-electron chi connectivity index (χ4n) is 3.28. The Balaban J connectivity index is 1.30. The number of amides is 1. The minimum Gasteiger partial charge on any atom is -0.460 e. The van der Waals surface area contributed by atoms with Crippen LogP contribution >= 0.6 is 11.8 Å². The Hall–Kier alpha value is -4.10. The molecule has 0 N–H and O–H groups in total. The zero-order valence-corrected chi connectivity index (χ0v) is 21.5. The summed E-state index contributed by atoms with van der Waals surface area (Å²) < 4.78 is 22.3. The third-order valence-corrected chi connectivity index (χ3v) is 5.86. The van der Waals surface area contributed by atoms with Gasteiger partial charge in [0.15, 0.2) is 5.16 Å². The smallest absolute Gasteiger partial charge is 0.326 e. The summed E-state index contributed by atoms with van der Waals surface area (Å²) >= 11 is 1.28. The van der Waals surface area contributed by atoms with Crippen LogP contribution in [0.15, 0.2) is 67.1 Å². The summed E-state index contributed by atoms with van der Waals surface area (Å²) in [5, 5.41) is 0.508. The van der Waals surface area contributed by atoms with Gasteiger partial charge in [0.2, 0.25) is 5.91 Å². The summed E-state index contributed by atoms with van der Waals surface area (Å²) in [5.41, 5.74) is 1.45. The van der Waals surface area contributed by atoms with E-state index in [0.29, 0.717) is 30.5 Å². The van der Waals surface area contributed by atoms with Crippen molar-refractivity contribution in [3.63, 3.8) is 0 Å². The van der Waals surface area contributed by atoms with Crippen molar-refractivity contribution in [1.29, 1.82) is 0 Å². The lowest BCUT2D eigenvalue weighted by atomic mass is 10.3. The number of carbonyl (C=O) groups is 1. The first-order valence-electron chi connectivity index (χ1n) is 11.8. The van der Waals surface area contributed by atoms with Crippen molar-refractivity contribution < 1.29 is 23.7 Å². The molecule has 1 atom stereocenters. The Morgan fingerprint density at radius 1 is 0.974 bits per heavy atom. The topological polar surface area (TPSA) is 135 Å². The highest BCUT2D eigenvalue weighted by Crippen LogP contribution is 2.20. The fraction of sp³-hybridized carbons (Fsp3) is 0.320. The van der Waals surface area contributed by atoms with Gasteiger partial charge >= 0.3 is 18.0 Å². The lowest BCUT2D eigenvalue weighted by Crippen LogP contribution is -2.48. The molecule has 1 saturated heterocycles. The number of thioether (sulfide) groups is 1. The maximum atomic E-state index is 12.9. The van der Waals surface area contributed by atoms with Gasteiger partial charge in [-0.2, -0.15) is 0 Å². The molecule has 1 aliphatic heterocycles. The van der Waals surface area contributed by atoms with E-state index in [1.165, 1.54) is 11.8 Å². The van der Waals surface area contributed by atoms with E-state index in [0.717, 1.165) is 5.69 Å². The fourth-order valence-corrected chi connectivity index (χ4v) is 4.01. The molecule has 0 radical (unpaired) electrons. The second-order valence-electron chi connectivity index (χ2n) is 7.75. The van der Waals surface area contributed by atoms with E-state index in [1.807, 2.05) is 18.2 Å². The van der Waals surface area contributed by atoms with Crippen LogP contribution in [-0.2, 0) is 9.53 Å². The number of carbonyl (C=O) groups excluding carboxylic acids is 1. The highest BCUT2D eigenvalue weighted by Gasteiger charge is 2.25. The van der Waals surface area contributed by atoms with Crippen molar-refractivity contribution in [2.24, 2.45) is 0 Å². The average Bonchev–Trinajstić information content (AvgIpc) is 2.97. The van der Waals surface area contributed by atoms with Gasteiger partial charge in [-0.05, 0) is 18.2 Å². The third-order valence-electron chi connectivity index (χ3n) is 5.01. The molecular formula is C25H27N7O5S. The van der Waals surface area contributed by atoms with E-state index in [4.69, 9.17) is 18.9 Å². The third kappa shape index (κ3) is 7.95. The Bertz CT molecular complexity index is 1200. The number of ether oxygens (including phenoxy) is 4. The van der Waals surface area contributed by atoms with Crippen LogP contribution in [0.25, 0.3) is 11.4 Å². The molecule has 0 bridgehead atoms. The molecule has 0 aromatic carbocycles. The maximum absolute atomic E-state index is 12.9. The van der Waals surface area contributed by atoms with E-state index in [9.17, 15) is 4.79 Å². The molecule has 3 aromatic rings. The second-order valence-corrected chi connectivity index (χ2v) is 8.70. The van der Waals surface area contributed by atoms with Gasteiger partial charge in [0.1, 0.15) is 25.9 Å². The van der Waals surface area contributed by atoms with E-state index in [2.05, 4.69) is 43.1 Å². The Morgan fingerprint density at radius 2 is 1.71 bits per heavy atom. The van der Waals surface area contributed by atoms with E-state index >= 15 is 0 Å². The van der Waals surface area contributed by atoms with Crippen molar-refractivity contribution >= 4 is 17.7 Å². The van der Waals surface area contributed by atoms with Gasteiger partial charge in [0.25, 0.3) is 0 Å². The summed E-state index contributed by atoms with van der Waals surface area (Å²) in [7, 11) is 0. The Labute approximate surface area is 224 Å². The summed E-state index contributed by atoms with van der Waals surface area (Å²) in [6.45, 7) is 8.98. The predicted octanol–water partition coefficient (Wildman–Crippen LogP) is 2.25. The van der Waals surface area contributed by atoms with Crippen molar-refractivity contribution in [2.45, 2.75) is 11.3 Å². The first-order chi connectivity index (χ1) is 18.6. The number of hydrogen-bond acceptors (Lipinski definition) is 12. The average molecular weight is 538 g/mol. The molecule has 0 saturated carbocycles. The van der Waals surface area contributed by atoms with E-state index in [-0.39, 0.29) is 55.6 Å². The summed E-state index contributed by atoms with van der Waals surface area (Å²) in [6, 6.07) is 7.51. The lowest BCUT2D eigenvalue weighted by Gasteiger charge is -2.32. The molecule has 38 heavy (non-hydrogen) atoms. The first-order valence-corrected chi connectivity index (χ1v) is 12.8. The summed E-state index contributed by atoms with van der Waals surface area (Å²) in [4.78, 5) is 40.0. The Kier molecular flexibility index (Phi) is 9.93. The number of nitrogens with zero attached hydrogens (tertiary/aromatic N) is 7. The van der Waals surface area contributed by atoms with Crippen LogP contribution in [0.5, 0.6) is 18.0 Å². The largest absolute Gasteiger partial charge is 0.460 e. The molecule has 0 aliphatic carbocycles. The molecule has 3 aromatic heterocycles. The van der Waals surface area contributed by atoms with Crippen molar-refractivity contribution in [1.82, 2.24) is 34.8 Å². The minimum absolute atomic E-state index is 0.0191. The first kappa shape index (κ1) is 26.9. The van der Waals surface area contributed by atoms with Crippen LogP contribution in [0.1, 0.15) is 0 Å². The quantitative estimate of drug-likeness (QED) is 0.180. The van der Waals surface area contributed by atoms with Gasteiger partial charge in [0.05, 0.1) is 30.3 Å². The normalized spacial score (nSPS) is 14.9. The van der Waals surface area contributed by atoms with Crippen LogP contribution in [0.4, 0.5) is 0 Å². The lowest BCUT2D eigenvalue weighted by molar-refractivity contribution is -0.137. The molecule has 4 heterocycles. The van der Waals surface area contributed by atoms with Crippen LogP contribution in [0, 0.1) is 0 Å². The highest BCUT2D eigenvalue weighted by atomic mass is 32.2. The van der Waals surface area contributed by atoms with Gasteiger partial charge in [0, 0.05) is 18.9 Å². The zero-order chi connectivity index (χ0) is 26.6. The van der Waals surface area contributed by atoms with Gasteiger partial charge in [-0.3, -0.25) is 9.78 Å². The molecule has 1 fully saturated rings. The zero-order valence-electron chi connectivity index (χ0n) is 20.6. The highest BCUT2D eigenvalue weighted by molar-refractivity contribution is 7.99. The molecule has 13 heteroatoms. The molecule has 12 nitrogen and oxygen atoms in total. The monoisotopic (exact) mass is 537 g/mol. The van der Waals surface area contributed by atoms with Crippen molar-refractivity contribution in [3.05, 3.63) is 62.0 Å². The maximum Gasteiger partial charge on any atom is 0.326 e. The number of morpholine rings is 1. The van der Waals surface area contributed by atoms with Crippen molar-refractivity contribution in [2.75, 3.05) is 45.3 Å².